The first-order chi connectivity index (χ1) is 21.9. The van der Waals surface area contributed by atoms with Crippen molar-refractivity contribution in [2.45, 2.75) is 117 Å². The van der Waals surface area contributed by atoms with Crippen molar-refractivity contribution in [1.29, 1.82) is 0 Å². The highest BCUT2D eigenvalue weighted by Gasteiger charge is 2.55. The summed E-state index contributed by atoms with van der Waals surface area (Å²) >= 11 is 0. The summed E-state index contributed by atoms with van der Waals surface area (Å²) in [5.41, 5.74) is 0. The Kier molecular flexibility index (Phi) is 14.5. The van der Waals surface area contributed by atoms with Crippen molar-refractivity contribution in [2.24, 2.45) is 0 Å². The van der Waals surface area contributed by atoms with Crippen LogP contribution in [0.1, 0.15) is 55.4 Å². The van der Waals surface area contributed by atoms with E-state index in [0.29, 0.717) is 0 Å². The number of esters is 8. The molecule has 0 aliphatic carbocycles. The minimum atomic E-state index is -1.66. The molecule has 2 rings (SSSR count). The molecule has 0 saturated carbocycles. The zero-order chi connectivity index (χ0) is 35.6. The second-order valence-electron chi connectivity index (χ2n) is 10.3. The molecule has 0 N–H and O–H groups in total. The SMILES string of the molecule is CC(=O)OC1O[C@H](COC[C@H]2OC(OC(C)=O)[C@H](OC(C)=O)[C@H](OC(C)=O)[C@@H]2OC(C)=O)[C@@H](OC(C)=O)[C@@H](OC(C)=O)[C@H]1OC(C)=O. The maximum atomic E-state index is 12.1. The van der Waals surface area contributed by atoms with Crippen LogP contribution in [0.25, 0.3) is 0 Å². The van der Waals surface area contributed by atoms with E-state index in [1.807, 2.05) is 0 Å². The lowest BCUT2D eigenvalue weighted by Gasteiger charge is -2.45. The lowest BCUT2D eigenvalue weighted by Crippen LogP contribution is -2.64. The Morgan fingerprint density at radius 2 is 0.596 bits per heavy atom. The van der Waals surface area contributed by atoms with E-state index >= 15 is 0 Å². The van der Waals surface area contributed by atoms with Gasteiger partial charge in [0.25, 0.3) is 0 Å². The predicted molar refractivity (Wildman–Crippen MR) is 145 cm³/mol. The van der Waals surface area contributed by atoms with Gasteiger partial charge in [-0.15, -0.1) is 0 Å². The Morgan fingerprint density at radius 1 is 0.362 bits per heavy atom. The molecule has 10 atom stereocenters. The van der Waals surface area contributed by atoms with Crippen LogP contribution in [0, 0.1) is 0 Å². The van der Waals surface area contributed by atoms with Crippen LogP contribution >= 0.6 is 0 Å². The fourth-order valence-electron chi connectivity index (χ4n) is 4.80. The first-order valence-corrected chi connectivity index (χ1v) is 14.2. The number of ether oxygens (including phenoxy) is 11. The summed E-state index contributed by atoms with van der Waals surface area (Å²) in [6, 6.07) is 0. The molecule has 19 nitrogen and oxygen atoms in total. The largest absolute Gasteiger partial charge is 0.456 e. The molecule has 2 fully saturated rings. The molecule has 2 saturated heterocycles. The quantitative estimate of drug-likeness (QED) is 0.181. The zero-order valence-corrected chi connectivity index (χ0v) is 26.9. The van der Waals surface area contributed by atoms with E-state index in [0.717, 1.165) is 55.4 Å². The molecule has 0 bridgehead atoms. The van der Waals surface area contributed by atoms with Crippen LogP contribution in [0.4, 0.5) is 0 Å². The maximum absolute atomic E-state index is 12.1. The summed E-state index contributed by atoms with van der Waals surface area (Å²) in [4.78, 5) is 95.6. The predicted octanol–water partition coefficient (Wildman–Crippen LogP) is -0.831. The van der Waals surface area contributed by atoms with Gasteiger partial charge in [-0.1, -0.05) is 0 Å². The number of rotatable bonds is 12. The normalized spacial score (nSPS) is 30.0. The molecule has 2 aliphatic heterocycles. The van der Waals surface area contributed by atoms with Gasteiger partial charge >= 0.3 is 47.8 Å². The van der Waals surface area contributed by atoms with Gasteiger partial charge in [0.15, 0.2) is 24.4 Å². The van der Waals surface area contributed by atoms with Gasteiger partial charge in [0.1, 0.15) is 12.2 Å². The van der Waals surface area contributed by atoms with E-state index in [2.05, 4.69) is 0 Å². The highest BCUT2D eigenvalue weighted by molar-refractivity contribution is 5.70. The summed E-state index contributed by atoms with van der Waals surface area (Å²) in [6.45, 7) is 7.25. The zero-order valence-electron chi connectivity index (χ0n) is 26.9. The summed E-state index contributed by atoms with van der Waals surface area (Å²) in [7, 11) is 0. The molecular weight excluding hydrogens is 640 g/mol. The van der Waals surface area contributed by atoms with Crippen molar-refractivity contribution in [3.05, 3.63) is 0 Å². The van der Waals surface area contributed by atoms with Crippen LogP contribution in [-0.4, -0.2) is 122 Å². The Hall–Kier alpha value is -4.36. The lowest BCUT2D eigenvalue weighted by molar-refractivity contribution is -0.310. The summed E-state index contributed by atoms with van der Waals surface area (Å²) < 4.78 is 59.4. The van der Waals surface area contributed by atoms with Gasteiger partial charge in [-0.2, -0.15) is 0 Å². The van der Waals surface area contributed by atoms with Gasteiger partial charge in [0.05, 0.1) is 13.2 Å². The smallest absolute Gasteiger partial charge is 0.305 e. The van der Waals surface area contributed by atoms with Gasteiger partial charge in [-0.3, -0.25) is 38.4 Å². The van der Waals surface area contributed by atoms with Crippen LogP contribution in [0.2, 0.25) is 0 Å². The molecule has 0 radical (unpaired) electrons. The molecule has 0 aromatic rings. The van der Waals surface area contributed by atoms with E-state index < -0.39 is 122 Å². The maximum Gasteiger partial charge on any atom is 0.305 e. The highest BCUT2D eigenvalue weighted by Crippen LogP contribution is 2.32. The van der Waals surface area contributed by atoms with Gasteiger partial charge in [0, 0.05) is 55.4 Å². The molecule has 0 amide bonds. The summed E-state index contributed by atoms with van der Waals surface area (Å²) in [5.74, 6) is -6.93. The second-order valence-corrected chi connectivity index (χ2v) is 10.3. The number of hydrogen-bond donors (Lipinski definition) is 0. The van der Waals surface area contributed by atoms with Crippen LogP contribution in [0.3, 0.4) is 0 Å². The third kappa shape index (κ3) is 12.1. The molecule has 47 heavy (non-hydrogen) atoms. The lowest BCUT2D eigenvalue weighted by atomic mass is 9.97. The first-order valence-electron chi connectivity index (χ1n) is 14.2. The molecule has 0 aromatic heterocycles. The molecule has 0 spiro atoms. The van der Waals surface area contributed by atoms with E-state index in [1.54, 1.807) is 0 Å². The Balaban J connectivity index is 2.45. The van der Waals surface area contributed by atoms with Crippen LogP contribution in [0.15, 0.2) is 0 Å². The second kappa shape index (κ2) is 17.5. The van der Waals surface area contributed by atoms with Crippen molar-refractivity contribution < 1.29 is 90.5 Å². The third-order valence-corrected chi connectivity index (χ3v) is 6.12. The monoisotopic (exact) mass is 678 g/mol. The van der Waals surface area contributed by atoms with Crippen molar-refractivity contribution >= 4 is 47.8 Å². The minimum absolute atomic E-state index is 0.531. The topological polar surface area (TPSA) is 238 Å². The highest BCUT2D eigenvalue weighted by atomic mass is 16.8. The van der Waals surface area contributed by atoms with Crippen LogP contribution in [0.5, 0.6) is 0 Å². The van der Waals surface area contributed by atoms with Gasteiger partial charge < -0.3 is 52.1 Å². The number of hydrogen-bond acceptors (Lipinski definition) is 19. The molecule has 2 heterocycles. The van der Waals surface area contributed by atoms with Gasteiger partial charge in [-0.25, -0.2) is 0 Å². The number of carbonyl (C=O) groups is 8. The third-order valence-electron chi connectivity index (χ3n) is 6.12. The van der Waals surface area contributed by atoms with E-state index in [4.69, 9.17) is 52.1 Å². The average Bonchev–Trinajstić information content (AvgIpc) is 2.89. The molecule has 19 heteroatoms. The van der Waals surface area contributed by atoms with Crippen molar-refractivity contribution in [3.8, 4) is 0 Å². The Morgan fingerprint density at radius 3 is 0.851 bits per heavy atom. The fraction of sp³-hybridized carbons (Fsp3) is 0.714. The van der Waals surface area contributed by atoms with Gasteiger partial charge in [-0.05, 0) is 0 Å². The van der Waals surface area contributed by atoms with Crippen molar-refractivity contribution in [2.75, 3.05) is 13.2 Å². The van der Waals surface area contributed by atoms with Crippen LogP contribution < -0.4 is 0 Å². The summed E-state index contributed by atoms with van der Waals surface area (Å²) in [5, 5.41) is 0. The Bertz CT molecular complexity index is 1110. The summed E-state index contributed by atoms with van der Waals surface area (Å²) in [6.07, 6.45) is -15.2. The van der Waals surface area contributed by atoms with E-state index in [1.165, 1.54) is 0 Å². The molecular formula is C28H38O19. The molecule has 2 aliphatic rings. The van der Waals surface area contributed by atoms with E-state index in [9.17, 15) is 38.4 Å². The van der Waals surface area contributed by atoms with Crippen molar-refractivity contribution in [1.82, 2.24) is 0 Å². The first kappa shape index (κ1) is 38.8. The number of carbonyl (C=O) groups excluding carboxylic acids is 8. The fourth-order valence-corrected chi connectivity index (χ4v) is 4.80. The van der Waals surface area contributed by atoms with E-state index in [-0.39, 0.29) is 0 Å². The van der Waals surface area contributed by atoms with Gasteiger partial charge in [0.2, 0.25) is 24.8 Å². The van der Waals surface area contributed by atoms with Crippen LogP contribution in [-0.2, 0) is 90.5 Å². The minimum Gasteiger partial charge on any atom is -0.456 e. The molecule has 2 unspecified atom stereocenters. The van der Waals surface area contributed by atoms with Crippen molar-refractivity contribution in [3.63, 3.8) is 0 Å². The molecule has 264 valence electrons. The standard InChI is InChI=1S/C28H38O19/c1-11(29)38-21-19(46-27(44-17(7)35)25(42-15(5)33)23(21)40-13(3)31)9-37-10-20-22(39-12(2)30)24(41-14(4)32)26(43-16(6)34)28(47-20)45-18(8)36/h19-28H,9-10H2,1-8H3/t19-,20-,21-,22-,23-,24-,25-,26-,27?,28?/m1/s1. The Labute approximate surface area is 268 Å². The molecule has 0 aromatic carbocycles. The average molecular weight is 679 g/mol.